The van der Waals surface area contributed by atoms with E-state index in [0.29, 0.717) is 12.5 Å². The fourth-order valence-electron chi connectivity index (χ4n) is 1.35. The second-order valence-electron chi connectivity index (χ2n) is 6.47. The highest BCUT2D eigenvalue weighted by Gasteiger charge is 2.06. The summed E-state index contributed by atoms with van der Waals surface area (Å²) in [6.07, 6.45) is 2.22. The molecular weight excluding hydrogens is 376 g/mol. The molecule has 0 aliphatic heterocycles. The van der Waals surface area contributed by atoms with Crippen molar-refractivity contribution in [1.82, 2.24) is 0 Å². The summed E-state index contributed by atoms with van der Waals surface area (Å²) in [5.74, 6) is -1.12. The van der Waals surface area contributed by atoms with Crippen molar-refractivity contribution < 1.29 is 34.4 Å². The van der Waals surface area contributed by atoms with E-state index in [9.17, 15) is 9.59 Å². The maximum atomic E-state index is 10.8. The van der Waals surface area contributed by atoms with Crippen molar-refractivity contribution in [2.45, 2.75) is 81.1 Å². The van der Waals surface area contributed by atoms with E-state index in [2.05, 4.69) is 27.7 Å². The highest BCUT2D eigenvalue weighted by molar-refractivity contribution is 5.76. The van der Waals surface area contributed by atoms with Crippen molar-refractivity contribution in [3.63, 3.8) is 0 Å². The molecular formula is C22H46O7. The number of carbonyl (C=O) groups is 2. The molecule has 0 bridgehead atoms. The average molecular weight is 423 g/mol. The van der Waals surface area contributed by atoms with Crippen molar-refractivity contribution in [3.05, 3.63) is 11.1 Å². The third-order valence-electron chi connectivity index (χ3n) is 3.42. The Bertz CT molecular complexity index is 375. The van der Waals surface area contributed by atoms with Crippen molar-refractivity contribution in [1.29, 1.82) is 0 Å². The highest BCUT2D eigenvalue weighted by atomic mass is 16.5. The Balaban J connectivity index is -0.000000158. The molecule has 0 aliphatic rings. The second-order valence-corrected chi connectivity index (χ2v) is 6.47. The Labute approximate surface area is 178 Å². The van der Waals surface area contributed by atoms with Gasteiger partial charge in [-0.1, -0.05) is 38.8 Å². The third-order valence-corrected chi connectivity index (χ3v) is 3.42. The van der Waals surface area contributed by atoms with E-state index >= 15 is 0 Å². The molecule has 0 aromatic heterocycles. The van der Waals surface area contributed by atoms with Gasteiger partial charge in [-0.3, -0.25) is 9.59 Å². The number of ether oxygens (including phenoxy) is 2. The number of hydrogen-bond acceptors (Lipinski definition) is 6. The van der Waals surface area contributed by atoms with Crippen LogP contribution in [0.4, 0.5) is 0 Å². The summed E-state index contributed by atoms with van der Waals surface area (Å²) in [6, 6.07) is 0. The Morgan fingerprint density at radius 2 is 1.24 bits per heavy atom. The van der Waals surface area contributed by atoms with Crippen molar-refractivity contribution in [3.8, 4) is 0 Å². The minimum Gasteiger partial charge on any atom is -0.481 e. The summed E-state index contributed by atoms with van der Waals surface area (Å²) < 4.78 is 9.58. The number of aliphatic hydroxyl groups excluding tert-OH is 2. The lowest BCUT2D eigenvalue weighted by Crippen LogP contribution is -2.11. The first-order chi connectivity index (χ1) is 13.6. The van der Waals surface area contributed by atoms with Gasteiger partial charge < -0.3 is 24.8 Å². The van der Waals surface area contributed by atoms with Gasteiger partial charge in [0.1, 0.15) is 0 Å². The smallest absolute Gasteiger partial charge is 0.306 e. The van der Waals surface area contributed by atoms with Crippen LogP contribution < -0.4 is 0 Å². The van der Waals surface area contributed by atoms with Gasteiger partial charge in [0.25, 0.3) is 0 Å². The fraction of sp³-hybridized carbons (Fsp3) is 0.818. The molecule has 0 atom stereocenters. The molecule has 0 heterocycles. The predicted molar refractivity (Wildman–Crippen MR) is 118 cm³/mol. The van der Waals surface area contributed by atoms with Gasteiger partial charge in [0.2, 0.25) is 0 Å². The number of aliphatic carboxylic acids is 1. The van der Waals surface area contributed by atoms with E-state index < -0.39 is 11.9 Å². The van der Waals surface area contributed by atoms with E-state index in [1.54, 1.807) is 11.1 Å². The van der Waals surface area contributed by atoms with Gasteiger partial charge in [0.15, 0.2) is 0 Å². The van der Waals surface area contributed by atoms with E-state index in [1.165, 1.54) is 12.8 Å². The molecule has 0 unspecified atom stereocenters. The lowest BCUT2D eigenvalue weighted by molar-refractivity contribution is -0.148. The summed E-state index contributed by atoms with van der Waals surface area (Å²) in [4.78, 5) is 20.8. The van der Waals surface area contributed by atoms with Gasteiger partial charge in [-0.25, -0.2) is 0 Å². The molecule has 0 spiro atoms. The summed E-state index contributed by atoms with van der Waals surface area (Å²) >= 11 is 0. The lowest BCUT2D eigenvalue weighted by atomic mass is 10.1. The lowest BCUT2D eigenvalue weighted by Gasteiger charge is -2.05. The molecule has 7 heteroatoms. The Hall–Kier alpha value is -1.44. The van der Waals surface area contributed by atoms with E-state index in [1.807, 2.05) is 27.7 Å². The van der Waals surface area contributed by atoms with Crippen molar-refractivity contribution in [2.75, 3.05) is 33.0 Å². The van der Waals surface area contributed by atoms with Crippen LogP contribution in [0.3, 0.4) is 0 Å². The Morgan fingerprint density at radius 1 is 0.828 bits per heavy atom. The standard InChI is InChI=1S/C8H14O4.C8H16.C4H10O.C2H6O2/c1-6(2)5-12-8(11)4-3-7(9)10;1-5-7(3)8(4)6-2;1-3-5-4-2;3-1-2-4/h6H,3-5H2,1-2H3,(H,9,10);5-6H2,1-4H3;3-4H2,1-2H3;3-4H,1-2H2/b;8-7+;;. The summed E-state index contributed by atoms with van der Waals surface area (Å²) in [5, 5.41) is 23.5. The van der Waals surface area contributed by atoms with Crippen LogP contribution in [0.25, 0.3) is 0 Å². The zero-order valence-electron chi connectivity index (χ0n) is 19.9. The van der Waals surface area contributed by atoms with E-state index in [-0.39, 0.29) is 26.1 Å². The molecule has 0 saturated heterocycles. The number of allylic oxidation sites excluding steroid dienone is 2. The Kier molecular flexibility index (Phi) is 34.7. The van der Waals surface area contributed by atoms with Crippen LogP contribution in [-0.2, 0) is 19.1 Å². The van der Waals surface area contributed by atoms with Crippen LogP contribution in [0.2, 0.25) is 0 Å². The van der Waals surface area contributed by atoms with Gasteiger partial charge in [-0.05, 0) is 46.5 Å². The van der Waals surface area contributed by atoms with Gasteiger partial charge in [0.05, 0.1) is 32.7 Å². The van der Waals surface area contributed by atoms with Gasteiger partial charge in [-0.2, -0.15) is 0 Å². The Morgan fingerprint density at radius 3 is 1.45 bits per heavy atom. The third kappa shape index (κ3) is 41.9. The average Bonchev–Trinajstić information content (AvgIpc) is 2.71. The van der Waals surface area contributed by atoms with Crippen LogP contribution in [-0.4, -0.2) is 60.3 Å². The first-order valence-corrected chi connectivity index (χ1v) is 10.4. The topological polar surface area (TPSA) is 113 Å². The fourth-order valence-corrected chi connectivity index (χ4v) is 1.35. The number of carbonyl (C=O) groups excluding carboxylic acids is 1. The highest BCUT2D eigenvalue weighted by Crippen LogP contribution is 2.09. The summed E-state index contributed by atoms with van der Waals surface area (Å²) in [5.41, 5.74) is 3.10. The first-order valence-electron chi connectivity index (χ1n) is 10.4. The molecule has 0 aromatic carbocycles. The molecule has 7 nitrogen and oxygen atoms in total. The SMILES string of the molecule is CC(C)COC(=O)CCC(=O)O.CC/C(C)=C(\C)CC.CCOCC.OCCO. The molecule has 3 N–H and O–H groups in total. The quantitative estimate of drug-likeness (QED) is 0.357. The molecule has 0 radical (unpaired) electrons. The number of carboxylic acids is 1. The van der Waals surface area contributed by atoms with Crippen LogP contribution in [0.1, 0.15) is 81.1 Å². The van der Waals surface area contributed by atoms with Crippen molar-refractivity contribution in [2.24, 2.45) is 5.92 Å². The van der Waals surface area contributed by atoms with E-state index in [0.717, 1.165) is 13.2 Å². The van der Waals surface area contributed by atoms with Crippen molar-refractivity contribution >= 4 is 11.9 Å². The molecule has 176 valence electrons. The number of rotatable bonds is 10. The van der Waals surface area contributed by atoms with E-state index in [4.69, 9.17) is 24.8 Å². The van der Waals surface area contributed by atoms with Crippen LogP contribution >= 0.6 is 0 Å². The molecule has 0 saturated carbocycles. The van der Waals surface area contributed by atoms with Gasteiger partial charge >= 0.3 is 11.9 Å². The number of esters is 1. The number of carboxylic acid groups (broad SMARTS) is 1. The van der Waals surface area contributed by atoms with Crippen LogP contribution in [0.15, 0.2) is 11.1 Å². The number of hydrogen-bond donors (Lipinski definition) is 3. The normalized spacial score (nSPS) is 10.3. The molecule has 0 amide bonds. The summed E-state index contributed by atoms with van der Waals surface area (Å²) in [6.45, 7) is 18.4. The molecule has 0 aromatic rings. The van der Waals surface area contributed by atoms with Crippen LogP contribution in [0, 0.1) is 5.92 Å². The van der Waals surface area contributed by atoms with Crippen LogP contribution in [0.5, 0.6) is 0 Å². The molecule has 0 aliphatic carbocycles. The maximum absolute atomic E-state index is 10.8. The second kappa shape index (κ2) is 28.8. The zero-order valence-corrected chi connectivity index (χ0v) is 19.9. The molecule has 0 rings (SSSR count). The number of aliphatic hydroxyl groups is 2. The summed E-state index contributed by atoms with van der Waals surface area (Å²) in [7, 11) is 0. The zero-order chi connectivity index (χ0) is 23.7. The molecule has 29 heavy (non-hydrogen) atoms. The minimum absolute atomic E-state index is 0.0396. The van der Waals surface area contributed by atoms with Gasteiger partial charge in [-0.15, -0.1) is 0 Å². The minimum atomic E-state index is -0.975. The molecule has 0 fully saturated rings. The predicted octanol–water partition coefficient (Wildman–Crippen LogP) is 4.21. The maximum Gasteiger partial charge on any atom is 0.306 e. The first kappa shape index (κ1) is 35.0. The van der Waals surface area contributed by atoms with Gasteiger partial charge in [0, 0.05) is 13.2 Å². The monoisotopic (exact) mass is 422 g/mol. The largest absolute Gasteiger partial charge is 0.481 e.